The van der Waals surface area contributed by atoms with Crippen LogP contribution in [0.2, 0.25) is 0 Å². The number of likely N-dealkylation sites (tertiary alicyclic amines) is 1. The minimum Gasteiger partial charge on any atom is -0.481 e. The number of alkyl halides is 3. The van der Waals surface area contributed by atoms with Crippen LogP contribution in [0.1, 0.15) is 83.4 Å². The second-order valence-corrected chi connectivity index (χ2v) is 10.2. The van der Waals surface area contributed by atoms with Gasteiger partial charge in [-0.3, -0.25) is 9.69 Å². The van der Waals surface area contributed by atoms with Crippen LogP contribution in [0.4, 0.5) is 13.2 Å². The molecule has 1 N–H and O–H groups in total. The van der Waals surface area contributed by atoms with E-state index in [0.717, 1.165) is 18.4 Å². The first-order chi connectivity index (χ1) is 14.9. The fourth-order valence-electron chi connectivity index (χ4n) is 4.49. The largest absolute Gasteiger partial charge is 0.481 e. The standard InChI is InChI=1S/C26H38F3NO2/c1-5-6-19-7-9-21(10-8-19)23-17-20(18-24(31)32)13-16-30(23)22(11-14-25(2,3)4)12-15-26(27,28)29/h7-11,14,20,22-23H,5-6,12-13,15-18H2,1-4H3,(H,31,32)/b14-11-/t20-,22-,23+/m1/s1. The lowest BCUT2D eigenvalue weighted by Crippen LogP contribution is -2.43. The molecule has 1 aromatic rings. The molecule has 3 nitrogen and oxygen atoms in total. The van der Waals surface area contributed by atoms with Crippen molar-refractivity contribution in [2.45, 2.75) is 90.9 Å². The molecule has 0 unspecified atom stereocenters. The molecule has 3 atom stereocenters. The number of benzene rings is 1. The van der Waals surface area contributed by atoms with Crippen LogP contribution in [0.15, 0.2) is 36.4 Å². The number of carboxylic acid groups (broad SMARTS) is 1. The topological polar surface area (TPSA) is 40.5 Å². The van der Waals surface area contributed by atoms with E-state index in [2.05, 4.69) is 36.1 Å². The molecule has 1 aliphatic heterocycles. The molecule has 2 rings (SSSR count). The lowest BCUT2D eigenvalue weighted by Gasteiger charge is -2.43. The van der Waals surface area contributed by atoms with Crippen molar-refractivity contribution >= 4 is 5.97 Å². The second kappa shape index (κ2) is 11.4. The summed E-state index contributed by atoms with van der Waals surface area (Å²) in [6.45, 7) is 8.82. The van der Waals surface area contributed by atoms with Crippen molar-refractivity contribution < 1.29 is 23.1 Å². The van der Waals surface area contributed by atoms with Gasteiger partial charge in [-0.15, -0.1) is 0 Å². The molecule has 1 heterocycles. The Kier molecular flexibility index (Phi) is 9.38. The highest BCUT2D eigenvalue weighted by Crippen LogP contribution is 2.39. The summed E-state index contributed by atoms with van der Waals surface area (Å²) in [7, 11) is 0. The van der Waals surface area contributed by atoms with E-state index in [4.69, 9.17) is 0 Å². The van der Waals surface area contributed by atoms with E-state index in [9.17, 15) is 23.1 Å². The number of piperidine rings is 1. The number of aliphatic carboxylic acids is 1. The van der Waals surface area contributed by atoms with Crippen LogP contribution in [0.5, 0.6) is 0 Å². The fourth-order valence-corrected chi connectivity index (χ4v) is 4.49. The van der Waals surface area contributed by atoms with Gasteiger partial charge in [-0.25, -0.2) is 0 Å². The highest BCUT2D eigenvalue weighted by Gasteiger charge is 2.36. The molecule has 0 spiro atoms. The first-order valence-electron chi connectivity index (χ1n) is 11.7. The highest BCUT2D eigenvalue weighted by atomic mass is 19.4. The van der Waals surface area contributed by atoms with Gasteiger partial charge in [0.2, 0.25) is 0 Å². The van der Waals surface area contributed by atoms with Gasteiger partial charge >= 0.3 is 12.1 Å². The molecule has 0 aliphatic carbocycles. The van der Waals surface area contributed by atoms with Gasteiger partial charge < -0.3 is 5.11 Å². The van der Waals surface area contributed by atoms with Crippen molar-refractivity contribution in [1.82, 2.24) is 4.90 Å². The lowest BCUT2D eigenvalue weighted by molar-refractivity contribution is -0.140. The number of aryl methyl sites for hydroxylation is 1. The van der Waals surface area contributed by atoms with E-state index in [1.54, 1.807) is 0 Å². The number of halogens is 3. The molecule has 32 heavy (non-hydrogen) atoms. The molecule has 6 heteroatoms. The van der Waals surface area contributed by atoms with Gasteiger partial charge in [-0.05, 0) is 54.7 Å². The third-order valence-electron chi connectivity index (χ3n) is 6.09. The van der Waals surface area contributed by atoms with Crippen LogP contribution in [0, 0.1) is 11.3 Å². The van der Waals surface area contributed by atoms with Gasteiger partial charge in [0.05, 0.1) is 0 Å². The summed E-state index contributed by atoms with van der Waals surface area (Å²) >= 11 is 0. The summed E-state index contributed by atoms with van der Waals surface area (Å²) in [6, 6.07) is 7.88. The van der Waals surface area contributed by atoms with Crippen LogP contribution in [-0.2, 0) is 11.2 Å². The van der Waals surface area contributed by atoms with Crippen LogP contribution < -0.4 is 0 Å². The van der Waals surface area contributed by atoms with Gasteiger partial charge in [0.1, 0.15) is 0 Å². The highest BCUT2D eigenvalue weighted by molar-refractivity contribution is 5.67. The Labute approximate surface area is 190 Å². The molecule has 1 saturated heterocycles. The number of allylic oxidation sites excluding steroid dienone is 1. The van der Waals surface area contributed by atoms with Crippen molar-refractivity contribution in [1.29, 1.82) is 0 Å². The summed E-state index contributed by atoms with van der Waals surface area (Å²) in [5, 5.41) is 9.29. The van der Waals surface area contributed by atoms with Crippen molar-refractivity contribution in [2.24, 2.45) is 11.3 Å². The molecule has 0 radical (unpaired) electrons. The number of hydrogen-bond donors (Lipinski definition) is 1. The van der Waals surface area contributed by atoms with Crippen LogP contribution in [0.3, 0.4) is 0 Å². The SMILES string of the molecule is CCCc1ccc([C@@H]2C[C@H](CC(=O)O)CCN2[C@H](/C=C\C(C)(C)C)CCC(F)(F)F)cc1. The molecule has 0 aromatic heterocycles. The summed E-state index contributed by atoms with van der Waals surface area (Å²) < 4.78 is 39.3. The second-order valence-electron chi connectivity index (χ2n) is 10.2. The Morgan fingerprint density at radius 3 is 2.41 bits per heavy atom. The normalized spacial score (nSPS) is 21.7. The number of nitrogens with zero attached hydrogens (tertiary/aromatic N) is 1. The van der Waals surface area contributed by atoms with Crippen molar-refractivity contribution in [2.75, 3.05) is 6.54 Å². The van der Waals surface area contributed by atoms with Crippen molar-refractivity contribution in [3.8, 4) is 0 Å². The Morgan fingerprint density at radius 1 is 1.22 bits per heavy atom. The maximum absolute atomic E-state index is 13.1. The van der Waals surface area contributed by atoms with Crippen LogP contribution in [0.25, 0.3) is 0 Å². The predicted molar refractivity (Wildman–Crippen MR) is 123 cm³/mol. The molecule has 1 aliphatic rings. The zero-order valence-electron chi connectivity index (χ0n) is 19.8. The fraction of sp³-hybridized carbons (Fsp3) is 0.654. The van der Waals surface area contributed by atoms with Gasteiger partial charge in [0.15, 0.2) is 0 Å². The Bertz CT molecular complexity index is 750. The van der Waals surface area contributed by atoms with Gasteiger partial charge in [0.25, 0.3) is 0 Å². The van der Waals surface area contributed by atoms with E-state index in [0.29, 0.717) is 19.4 Å². The first-order valence-corrected chi connectivity index (χ1v) is 11.7. The monoisotopic (exact) mass is 453 g/mol. The van der Waals surface area contributed by atoms with Crippen molar-refractivity contribution in [3.05, 3.63) is 47.5 Å². The number of hydrogen-bond acceptors (Lipinski definition) is 2. The minimum atomic E-state index is -4.20. The summed E-state index contributed by atoms with van der Waals surface area (Å²) in [4.78, 5) is 13.5. The van der Waals surface area contributed by atoms with Gasteiger partial charge in [-0.2, -0.15) is 13.2 Å². The average Bonchev–Trinajstić information content (AvgIpc) is 2.67. The molecule has 0 saturated carbocycles. The zero-order chi connectivity index (χ0) is 23.9. The summed E-state index contributed by atoms with van der Waals surface area (Å²) in [5.74, 6) is -0.791. The molecule has 1 fully saturated rings. The Balaban J connectivity index is 2.35. The minimum absolute atomic E-state index is 0.00406. The van der Waals surface area contributed by atoms with Crippen molar-refractivity contribution in [3.63, 3.8) is 0 Å². The number of carbonyl (C=O) groups is 1. The van der Waals surface area contributed by atoms with E-state index >= 15 is 0 Å². The van der Waals surface area contributed by atoms with E-state index in [1.165, 1.54) is 5.56 Å². The quantitative estimate of drug-likeness (QED) is 0.403. The van der Waals surface area contributed by atoms with Crippen LogP contribution >= 0.6 is 0 Å². The first kappa shape index (κ1) is 26.4. The van der Waals surface area contributed by atoms with E-state index < -0.39 is 18.6 Å². The molecule has 1 aromatic carbocycles. The smallest absolute Gasteiger partial charge is 0.389 e. The molecule has 0 bridgehead atoms. The molecule has 0 amide bonds. The molecule has 180 valence electrons. The van der Waals surface area contributed by atoms with Gasteiger partial charge in [0, 0.05) is 24.9 Å². The number of carboxylic acids is 1. The van der Waals surface area contributed by atoms with E-state index in [-0.39, 0.29) is 36.3 Å². The lowest BCUT2D eigenvalue weighted by atomic mass is 9.83. The van der Waals surface area contributed by atoms with Gasteiger partial charge in [-0.1, -0.05) is 70.5 Å². The van der Waals surface area contributed by atoms with E-state index in [1.807, 2.05) is 32.9 Å². The third kappa shape index (κ3) is 8.97. The third-order valence-corrected chi connectivity index (χ3v) is 6.09. The Morgan fingerprint density at radius 2 is 1.88 bits per heavy atom. The summed E-state index contributed by atoms with van der Waals surface area (Å²) in [5.41, 5.74) is 2.16. The molecular weight excluding hydrogens is 415 g/mol. The molecular formula is C26H38F3NO2. The predicted octanol–water partition coefficient (Wildman–Crippen LogP) is 7.18. The maximum Gasteiger partial charge on any atom is 0.389 e. The zero-order valence-corrected chi connectivity index (χ0v) is 19.8. The maximum atomic E-state index is 13.1. The Hall–Kier alpha value is -1.82. The average molecular weight is 454 g/mol. The number of rotatable bonds is 9. The van der Waals surface area contributed by atoms with Crippen LogP contribution in [-0.4, -0.2) is 34.7 Å². The summed E-state index contributed by atoms with van der Waals surface area (Å²) in [6.07, 6.45) is 2.36.